The largest absolute Gasteiger partial charge is 0.383 e. The summed E-state index contributed by atoms with van der Waals surface area (Å²) in [5.74, 6) is 1.35. The molecule has 2 rings (SSSR count). The van der Waals surface area contributed by atoms with Gasteiger partial charge >= 0.3 is 0 Å². The molecule has 1 aliphatic rings. The van der Waals surface area contributed by atoms with Crippen molar-refractivity contribution in [3.8, 4) is 0 Å². The van der Waals surface area contributed by atoms with Crippen molar-refractivity contribution in [1.82, 2.24) is 15.5 Å². The molecule has 5 nitrogen and oxygen atoms in total. The number of benzene rings is 1. The zero-order valence-corrected chi connectivity index (χ0v) is 19.8. The number of aryl methyl sites for hydroxylation is 1. The highest BCUT2D eigenvalue weighted by Gasteiger charge is 2.18. The van der Waals surface area contributed by atoms with Gasteiger partial charge in [0.2, 0.25) is 0 Å². The lowest BCUT2D eigenvalue weighted by molar-refractivity contribution is 0.121. The van der Waals surface area contributed by atoms with E-state index in [-0.39, 0.29) is 29.8 Å². The Morgan fingerprint density at radius 1 is 1.29 bits per heavy atom. The van der Waals surface area contributed by atoms with Crippen LogP contribution in [0.15, 0.2) is 23.2 Å². The molecule has 1 saturated heterocycles. The lowest BCUT2D eigenvalue weighted by Gasteiger charge is -2.31. The molecule has 7 heteroatoms. The van der Waals surface area contributed by atoms with Crippen LogP contribution in [-0.2, 0) is 11.2 Å². The van der Waals surface area contributed by atoms with E-state index in [0.29, 0.717) is 5.92 Å². The number of piperidine rings is 1. The molecule has 0 saturated carbocycles. The molecule has 2 N–H and O–H groups in total. The predicted molar refractivity (Wildman–Crippen MR) is 125 cm³/mol. The number of halogens is 2. The van der Waals surface area contributed by atoms with E-state index in [1.165, 1.54) is 24.5 Å². The van der Waals surface area contributed by atoms with Gasteiger partial charge in [-0.15, -0.1) is 24.0 Å². The van der Waals surface area contributed by atoms with Crippen molar-refractivity contribution < 1.29 is 9.13 Å². The summed E-state index contributed by atoms with van der Waals surface area (Å²) in [4.78, 5) is 7.25. The lowest BCUT2D eigenvalue weighted by atomic mass is 9.97. The van der Waals surface area contributed by atoms with Crippen molar-refractivity contribution in [2.75, 3.05) is 53.0 Å². The summed E-state index contributed by atoms with van der Waals surface area (Å²) < 4.78 is 18.4. The molecule has 0 aromatic heterocycles. The van der Waals surface area contributed by atoms with E-state index in [1.54, 1.807) is 13.2 Å². The Balaban J connectivity index is 0.00000392. The third kappa shape index (κ3) is 9.05. The fourth-order valence-corrected chi connectivity index (χ4v) is 3.43. The normalized spacial score (nSPS) is 15.9. The molecule has 0 spiro atoms. The number of nitrogens with zero attached hydrogens (tertiary/aromatic N) is 2. The first kappa shape index (κ1) is 25.1. The molecular formula is C21H36FIN4O. The monoisotopic (exact) mass is 506 g/mol. The van der Waals surface area contributed by atoms with Crippen molar-refractivity contribution in [1.29, 1.82) is 0 Å². The van der Waals surface area contributed by atoms with Crippen molar-refractivity contribution in [3.63, 3.8) is 0 Å². The molecule has 0 bridgehead atoms. The number of guanidine groups is 1. The Labute approximate surface area is 186 Å². The molecule has 0 unspecified atom stereocenters. The second-order valence-corrected chi connectivity index (χ2v) is 7.25. The average Bonchev–Trinajstić information content (AvgIpc) is 2.67. The summed E-state index contributed by atoms with van der Waals surface area (Å²) in [5.41, 5.74) is 2.17. The van der Waals surface area contributed by atoms with Crippen LogP contribution in [0.25, 0.3) is 0 Å². The molecule has 1 aliphatic heterocycles. The minimum atomic E-state index is -0.174. The van der Waals surface area contributed by atoms with E-state index in [0.717, 1.165) is 63.8 Å². The van der Waals surface area contributed by atoms with E-state index in [2.05, 4.69) is 22.5 Å². The molecule has 0 amide bonds. The van der Waals surface area contributed by atoms with Crippen molar-refractivity contribution in [2.45, 2.75) is 33.1 Å². The van der Waals surface area contributed by atoms with E-state index in [9.17, 15) is 4.39 Å². The highest BCUT2D eigenvalue weighted by atomic mass is 127. The average molecular weight is 506 g/mol. The summed E-state index contributed by atoms with van der Waals surface area (Å²) in [5, 5.41) is 6.73. The molecule has 28 heavy (non-hydrogen) atoms. The molecule has 1 fully saturated rings. The number of aliphatic imine (C=N–C) groups is 1. The summed E-state index contributed by atoms with van der Waals surface area (Å²) in [7, 11) is 1.76. The van der Waals surface area contributed by atoms with Crippen LogP contribution in [0.2, 0.25) is 0 Å². The summed E-state index contributed by atoms with van der Waals surface area (Å²) in [6.45, 7) is 10.6. The Morgan fingerprint density at radius 3 is 2.68 bits per heavy atom. The molecule has 1 aromatic rings. The van der Waals surface area contributed by atoms with Crippen LogP contribution in [0.1, 0.15) is 30.9 Å². The van der Waals surface area contributed by atoms with Gasteiger partial charge in [0.1, 0.15) is 5.82 Å². The van der Waals surface area contributed by atoms with Gasteiger partial charge < -0.3 is 20.3 Å². The van der Waals surface area contributed by atoms with Crippen molar-refractivity contribution >= 4 is 29.9 Å². The van der Waals surface area contributed by atoms with Gasteiger partial charge in [-0.1, -0.05) is 6.07 Å². The van der Waals surface area contributed by atoms with Gasteiger partial charge in [-0.25, -0.2) is 4.39 Å². The van der Waals surface area contributed by atoms with Crippen LogP contribution in [0.4, 0.5) is 4.39 Å². The predicted octanol–water partition coefficient (Wildman–Crippen LogP) is 3.21. The van der Waals surface area contributed by atoms with Crippen LogP contribution in [-0.4, -0.2) is 63.8 Å². The molecule has 0 atom stereocenters. The molecule has 0 aliphatic carbocycles. The van der Waals surface area contributed by atoms with Crippen LogP contribution in [0.3, 0.4) is 0 Å². The zero-order chi connectivity index (χ0) is 19.5. The molecule has 1 heterocycles. The van der Waals surface area contributed by atoms with Crippen LogP contribution in [0, 0.1) is 18.7 Å². The first-order valence-electron chi connectivity index (χ1n) is 10.1. The highest BCUT2D eigenvalue weighted by Crippen LogP contribution is 2.17. The summed E-state index contributed by atoms with van der Waals surface area (Å²) in [6, 6.07) is 4.99. The van der Waals surface area contributed by atoms with Crippen molar-refractivity contribution in [3.05, 3.63) is 35.1 Å². The minimum absolute atomic E-state index is 0. The van der Waals surface area contributed by atoms with Gasteiger partial charge in [0, 0.05) is 33.3 Å². The fraction of sp³-hybridized carbons (Fsp3) is 0.667. The quantitative estimate of drug-likeness (QED) is 0.307. The fourth-order valence-electron chi connectivity index (χ4n) is 3.43. The Kier molecular flexibility index (Phi) is 12.7. The topological polar surface area (TPSA) is 48.9 Å². The lowest BCUT2D eigenvalue weighted by Crippen LogP contribution is -2.40. The Morgan fingerprint density at radius 2 is 2.04 bits per heavy atom. The number of likely N-dealkylation sites (tertiary alicyclic amines) is 1. The van der Waals surface area contributed by atoms with Gasteiger partial charge in [-0.3, -0.25) is 4.99 Å². The number of ether oxygens (including phenoxy) is 1. The summed E-state index contributed by atoms with van der Waals surface area (Å²) >= 11 is 0. The first-order chi connectivity index (χ1) is 13.1. The maximum absolute atomic E-state index is 13.2. The van der Waals surface area contributed by atoms with Crippen molar-refractivity contribution in [2.24, 2.45) is 10.9 Å². The Hall–Kier alpha value is -0.930. The molecule has 0 radical (unpaired) electrons. The molecule has 1 aromatic carbocycles. The van der Waals surface area contributed by atoms with Gasteiger partial charge in [-0.2, -0.15) is 0 Å². The smallest absolute Gasteiger partial charge is 0.191 e. The van der Waals surface area contributed by atoms with E-state index in [4.69, 9.17) is 9.73 Å². The van der Waals surface area contributed by atoms with E-state index < -0.39 is 0 Å². The molecule has 160 valence electrons. The Bertz CT molecular complexity index is 592. The first-order valence-corrected chi connectivity index (χ1v) is 10.1. The number of methoxy groups -OCH3 is 1. The minimum Gasteiger partial charge on any atom is -0.383 e. The molecular weight excluding hydrogens is 470 g/mol. The van der Waals surface area contributed by atoms with Crippen LogP contribution < -0.4 is 10.6 Å². The van der Waals surface area contributed by atoms with E-state index in [1.807, 2.05) is 13.0 Å². The summed E-state index contributed by atoms with van der Waals surface area (Å²) in [6.07, 6.45) is 3.25. The maximum atomic E-state index is 13.2. The maximum Gasteiger partial charge on any atom is 0.191 e. The highest BCUT2D eigenvalue weighted by molar-refractivity contribution is 14.0. The van der Waals surface area contributed by atoms with E-state index >= 15 is 0 Å². The number of hydrogen-bond donors (Lipinski definition) is 2. The zero-order valence-electron chi connectivity index (χ0n) is 17.5. The number of hydrogen-bond acceptors (Lipinski definition) is 3. The van der Waals surface area contributed by atoms with Crippen LogP contribution in [0.5, 0.6) is 0 Å². The van der Waals surface area contributed by atoms with Gasteiger partial charge in [0.25, 0.3) is 0 Å². The third-order valence-electron chi connectivity index (χ3n) is 5.16. The van der Waals surface area contributed by atoms with Crippen LogP contribution >= 0.6 is 24.0 Å². The second kappa shape index (κ2) is 14.1. The standard InChI is InChI=1S/C21H35FN4O.HI/c1-4-23-21(24-10-7-19-5-6-20(22)15-17(19)2)25-16-18-8-11-26(12-9-18)13-14-27-3;/h5-6,15,18H,4,7-14,16H2,1-3H3,(H2,23,24,25);1H. The number of nitrogens with one attached hydrogen (secondary N) is 2. The van der Waals surface area contributed by atoms with Gasteiger partial charge in [0.15, 0.2) is 5.96 Å². The number of rotatable bonds is 9. The van der Waals surface area contributed by atoms with Gasteiger partial charge in [0.05, 0.1) is 6.61 Å². The third-order valence-corrected chi connectivity index (χ3v) is 5.16. The van der Waals surface area contributed by atoms with Gasteiger partial charge in [-0.05, 0) is 75.4 Å². The SMILES string of the molecule is CCNC(=NCC1CCN(CCOC)CC1)NCCc1ccc(F)cc1C.I. The second-order valence-electron chi connectivity index (χ2n) is 7.25.